The number of thioether (sulfide) groups is 1. The fourth-order valence-corrected chi connectivity index (χ4v) is 2.09. The molecule has 78 valence electrons. The maximum atomic E-state index is 8.93. The summed E-state index contributed by atoms with van der Waals surface area (Å²) in [6, 6.07) is 0. The van der Waals surface area contributed by atoms with E-state index in [1.807, 2.05) is 13.8 Å². The summed E-state index contributed by atoms with van der Waals surface area (Å²) in [5.74, 6) is 0.660. The normalized spacial score (nSPS) is 12.9. The molecule has 14 heavy (non-hydrogen) atoms. The fraction of sp³-hybridized carbons (Fsp3) is 0.556. The van der Waals surface area contributed by atoms with Gasteiger partial charge < -0.3 is 5.11 Å². The lowest BCUT2D eigenvalue weighted by Gasteiger charge is -2.10. The molecule has 0 aliphatic rings. The first kappa shape index (κ1) is 11.8. The average Bonchev–Trinajstić information content (AvgIpc) is 2.13. The van der Waals surface area contributed by atoms with Crippen LogP contribution in [0.1, 0.15) is 18.3 Å². The maximum absolute atomic E-state index is 8.93. The predicted octanol–water partition coefficient (Wildman–Crippen LogP) is 2.22. The molecule has 1 unspecified atom stereocenters. The first-order valence-electron chi connectivity index (χ1n) is 4.33. The van der Waals surface area contributed by atoms with Gasteiger partial charge in [0, 0.05) is 10.8 Å². The van der Waals surface area contributed by atoms with Gasteiger partial charge in [-0.1, -0.05) is 18.5 Å². The molecule has 0 saturated carbocycles. The van der Waals surface area contributed by atoms with Crippen molar-refractivity contribution in [3.8, 4) is 0 Å². The number of aromatic nitrogens is 2. The fourth-order valence-electron chi connectivity index (χ4n) is 0.913. The van der Waals surface area contributed by atoms with Crippen LogP contribution in [0.25, 0.3) is 0 Å². The first-order chi connectivity index (χ1) is 6.54. The summed E-state index contributed by atoms with van der Waals surface area (Å²) in [5.41, 5.74) is 0.877. The van der Waals surface area contributed by atoms with Crippen LogP contribution in [0.3, 0.4) is 0 Å². The minimum Gasteiger partial charge on any atom is -0.395 e. The van der Waals surface area contributed by atoms with Gasteiger partial charge in [0.25, 0.3) is 0 Å². The second kappa shape index (κ2) is 4.96. The predicted molar refractivity (Wildman–Crippen MR) is 58.9 cm³/mol. The number of aryl methyl sites for hydroxylation is 1. The van der Waals surface area contributed by atoms with E-state index in [0.717, 1.165) is 10.6 Å². The van der Waals surface area contributed by atoms with Gasteiger partial charge >= 0.3 is 0 Å². The quantitative estimate of drug-likeness (QED) is 0.641. The van der Waals surface area contributed by atoms with Crippen LogP contribution in [0, 0.1) is 13.8 Å². The third-order valence-corrected chi connectivity index (χ3v) is 3.26. The van der Waals surface area contributed by atoms with E-state index in [0.29, 0.717) is 11.0 Å². The number of nitrogens with zero attached hydrogens (tertiary/aromatic N) is 2. The SMILES string of the molecule is Cc1nc(Cl)c(C)c(SC(C)CO)n1. The Labute approximate surface area is 92.9 Å². The molecule has 0 aliphatic carbocycles. The maximum Gasteiger partial charge on any atom is 0.136 e. The van der Waals surface area contributed by atoms with Gasteiger partial charge in [-0.05, 0) is 13.8 Å². The zero-order valence-corrected chi connectivity index (χ0v) is 9.98. The molecule has 0 aliphatic heterocycles. The number of aliphatic hydroxyl groups excluding tert-OH is 1. The van der Waals surface area contributed by atoms with Crippen molar-refractivity contribution in [1.29, 1.82) is 0 Å². The summed E-state index contributed by atoms with van der Waals surface area (Å²) in [6.45, 7) is 5.76. The minimum atomic E-state index is 0.124. The standard InChI is InChI=1S/C9H13ClN2OS/c1-5(4-13)14-9-6(2)8(10)11-7(3)12-9/h5,13H,4H2,1-3H3. The van der Waals surface area contributed by atoms with E-state index in [4.69, 9.17) is 16.7 Å². The monoisotopic (exact) mass is 232 g/mol. The van der Waals surface area contributed by atoms with Gasteiger partial charge in [0.05, 0.1) is 6.61 Å². The Kier molecular flexibility index (Phi) is 4.16. The van der Waals surface area contributed by atoms with Crippen LogP contribution in [-0.4, -0.2) is 26.9 Å². The van der Waals surface area contributed by atoms with Crippen LogP contribution < -0.4 is 0 Å². The molecular formula is C9H13ClN2OS. The Balaban J connectivity index is 2.96. The summed E-state index contributed by atoms with van der Waals surface area (Å²) >= 11 is 7.43. The Morgan fingerprint density at radius 1 is 1.43 bits per heavy atom. The van der Waals surface area contributed by atoms with Gasteiger partial charge in [0.2, 0.25) is 0 Å². The van der Waals surface area contributed by atoms with Gasteiger partial charge in [0.1, 0.15) is 16.0 Å². The number of hydrogen-bond acceptors (Lipinski definition) is 4. The first-order valence-corrected chi connectivity index (χ1v) is 5.58. The molecule has 0 amide bonds. The Bertz CT molecular complexity index is 333. The van der Waals surface area contributed by atoms with Crippen molar-refractivity contribution in [3.63, 3.8) is 0 Å². The van der Waals surface area contributed by atoms with Crippen LogP contribution in [-0.2, 0) is 0 Å². The van der Waals surface area contributed by atoms with E-state index < -0.39 is 0 Å². The van der Waals surface area contributed by atoms with Gasteiger partial charge in [0.15, 0.2) is 0 Å². The molecule has 0 bridgehead atoms. The molecule has 5 heteroatoms. The van der Waals surface area contributed by atoms with Gasteiger partial charge in [-0.3, -0.25) is 0 Å². The van der Waals surface area contributed by atoms with Crippen LogP contribution >= 0.6 is 23.4 Å². The number of halogens is 1. The van der Waals surface area contributed by atoms with E-state index >= 15 is 0 Å². The molecule has 0 saturated heterocycles. The van der Waals surface area contributed by atoms with E-state index in [1.165, 1.54) is 11.8 Å². The average molecular weight is 233 g/mol. The van der Waals surface area contributed by atoms with Crippen molar-refractivity contribution < 1.29 is 5.11 Å². The summed E-state index contributed by atoms with van der Waals surface area (Å²) in [5, 5.41) is 10.4. The molecule has 1 N–H and O–H groups in total. The molecule has 0 radical (unpaired) electrons. The molecule has 1 heterocycles. The number of aliphatic hydroxyl groups is 1. The Morgan fingerprint density at radius 3 is 2.64 bits per heavy atom. The van der Waals surface area contributed by atoms with E-state index in [-0.39, 0.29) is 11.9 Å². The highest BCUT2D eigenvalue weighted by Gasteiger charge is 2.11. The lowest BCUT2D eigenvalue weighted by molar-refractivity contribution is 0.300. The second-order valence-corrected chi connectivity index (χ2v) is 4.89. The lowest BCUT2D eigenvalue weighted by atomic mass is 10.4. The highest BCUT2D eigenvalue weighted by Crippen LogP contribution is 2.27. The van der Waals surface area contributed by atoms with Gasteiger partial charge in [-0.25, -0.2) is 9.97 Å². The summed E-state index contributed by atoms with van der Waals surface area (Å²) in [6.07, 6.45) is 0. The van der Waals surface area contributed by atoms with Crippen molar-refractivity contribution in [3.05, 3.63) is 16.5 Å². The number of rotatable bonds is 3. The van der Waals surface area contributed by atoms with E-state index in [9.17, 15) is 0 Å². The molecule has 0 aromatic carbocycles. The Hall–Kier alpha value is -0.320. The highest BCUT2D eigenvalue weighted by molar-refractivity contribution is 7.99. The van der Waals surface area contributed by atoms with Crippen molar-refractivity contribution >= 4 is 23.4 Å². The molecule has 1 atom stereocenters. The molecule has 3 nitrogen and oxygen atoms in total. The van der Waals surface area contributed by atoms with Crippen LogP contribution in [0.5, 0.6) is 0 Å². The summed E-state index contributed by atoms with van der Waals surface area (Å²) in [7, 11) is 0. The zero-order valence-electron chi connectivity index (χ0n) is 8.41. The third kappa shape index (κ3) is 2.83. The molecule has 1 rings (SSSR count). The number of hydrogen-bond donors (Lipinski definition) is 1. The smallest absolute Gasteiger partial charge is 0.136 e. The van der Waals surface area contributed by atoms with E-state index in [1.54, 1.807) is 6.92 Å². The van der Waals surface area contributed by atoms with Crippen molar-refractivity contribution in [2.75, 3.05) is 6.61 Å². The summed E-state index contributed by atoms with van der Waals surface area (Å²) in [4.78, 5) is 8.32. The Morgan fingerprint density at radius 2 is 2.07 bits per heavy atom. The van der Waals surface area contributed by atoms with Crippen molar-refractivity contribution in [2.24, 2.45) is 0 Å². The largest absolute Gasteiger partial charge is 0.395 e. The van der Waals surface area contributed by atoms with Crippen LogP contribution in [0.2, 0.25) is 5.15 Å². The molecule has 0 spiro atoms. The third-order valence-electron chi connectivity index (χ3n) is 1.72. The van der Waals surface area contributed by atoms with Crippen LogP contribution in [0.4, 0.5) is 0 Å². The van der Waals surface area contributed by atoms with Crippen molar-refractivity contribution in [1.82, 2.24) is 9.97 Å². The summed E-state index contributed by atoms with van der Waals surface area (Å²) < 4.78 is 0. The molecule has 0 fully saturated rings. The van der Waals surface area contributed by atoms with Crippen LogP contribution in [0.15, 0.2) is 5.03 Å². The van der Waals surface area contributed by atoms with E-state index in [2.05, 4.69) is 9.97 Å². The van der Waals surface area contributed by atoms with Gasteiger partial charge in [-0.2, -0.15) is 0 Å². The topological polar surface area (TPSA) is 46.0 Å². The highest BCUT2D eigenvalue weighted by atomic mass is 35.5. The zero-order chi connectivity index (χ0) is 10.7. The molecular weight excluding hydrogens is 220 g/mol. The molecule has 1 aromatic rings. The van der Waals surface area contributed by atoms with Gasteiger partial charge in [-0.15, -0.1) is 11.8 Å². The minimum absolute atomic E-state index is 0.124. The van der Waals surface area contributed by atoms with Crippen molar-refractivity contribution in [2.45, 2.75) is 31.0 Å². The molecule has 1 aromatic heterocycles. The lowest BCUT2D eigenvalue weighted by Crippen LogP contribution is -2.04. The second-order valence-electron chi connectivity index (χ2n) is 3.10.